The molecular formula is C23H23FN4O4. The summed E-state index contributed by atoms with van der Waals surface area (Å²) in [5.41, 5.74) is 4.86. The summed E-state index contributed by atoms with van der Waals surface area (Å²) < 4.78 is 24.0. The van der Waals surface area contributed by atoms with Gasteiger partial charge in [-0.1, -0.05) is 18.2 Å². The molecule has 0 aliphatic rings. The number of hydrogen-bond donors (Lipinski definition) is 2. The van der Waals surface area contributed by atoms with Gasteiger partial charge in [0.1, 0.15) is 17.3 Å². The Hall–Kier alpha value is -4.14. The summed E-state index contributed by atoms with van der Waals surface area (Å²) in [6.07, 6.45) is 1.59. The molecule has 0 aliphatic carbocycles. The van der Waals surface area contributed by atoms with E-state index in [1.54, 1.807) is 44.7 Å². The summed E-state index contributed by atoms with van der Waals surface area (Å²) in [4.78, 5) is 24.8. The number of guanidine groups is 1. The molecule has 0 amide bonds. The lowest BCUT2D eigenvalue weighted by molar-refractivity contribution is -0.145. The molecule has 0 atom stereocenters. The number of halogens is 1. The Bertz CT molecular complexity index is 1080. The minimum absolute atomic E-state index is 0.150. The zero-order valence-electron chi connectivity index (χ0n) is 17.9. The maximum atomic E-state index is 13.2. The lowest BCUT2D eigenvalue weighted by Crippen LogP contribution is -2.37. The van der Waals surface area contributed by atoms with Crippen molar-refractivity contribution in [3.8, 4) is 22.6 Å². The van der Waals surface area contributed by atoms with Crippen molar-refractivity contribution >= 4 is 17.7 Å². The van der Waals surface area contributed by atoms with Gasteiger partial charge in [0.2, 0.25) is 5.96 Å². The third-order valence-corrected chi connectivity index (χ3v) is 4.40. The van der Waals surface area contributed by atoms with Crippen LogP contribution in [0.25, 0.3) is 11.1 Å². The SMILES string of the molecule is COc1cccc(OC)c1CNC(=Nc1cc(-c2ccc(F)cc2)ccn1)NOC(C)=O. The van der Waals surface area contributed by atoms with Gasteiger partial charge in [-0.25, -0.2) is 9.37 Å². The van der Waals surface area contributed by atoms with Crippen molar-refractivity contribution in [1.29, 1.82) is 0 Å². The summed E-state index contributed by atoms with van der Waals surface area (Å²) >= 11 is 0. The number of pyridine rings is 1. The van der Waals surface area contributed by atoms with Crippen molar-refractivity contribution in [3.63, 3.8) is 0 Å². The maximum absolute atomic E-state index is 13.2. The van der Waals surface area contributed by atoms with Crippen molar-refractivity contribution in [3.05, 3.63) is 72.2 Å². The van der Waals surface area contributed by atoms with Crippen LogP contribution in [0.15, 0.2) is 65.8 Å². The minimum Gasteiger partial charge on any atom is -0.496 e. The van der Waals surface area contributed by atoms with Crippen LogP contribution in [-0.2, 0) is 16.2 Å². The summed E-state index contributed by atoms with van der Waals surface area (Å²) in [5.74, 6) is 0.894. The molecule has 3 rings (SSSR count). The molecule has 0 aliphatic heterocycles. The predicted octanol–water partition coefficient (Wildman–Crippen LogP) is 3.75. The molecule has 0 saturated carbocycles. The molecule has 32 heavy (non-hydrogen) atoms. The smallest absolute Gasteiger partial charge is 0.329 e. The predicted molar refractivity (Wildman–Crippen MR) is 118 cm³/mol. The van der Waals surface area contributed by atoms with Gasteiger partial charge in [0.25, 0.3) is 0 Å². The van der Waals surface area contributed by atoms with Crippen molar-refractivity contribution in [2.24, 2.45) is 4.99 Å². The fourth-order valence-electron chi connectivity index (χ4n) is 2.91. The highest BCUT2D eigenvalue weighted by atomic mass is 19.1. The number of nitrogens with zero attached hydrogens (tertiary/aromatic N) is 2. The largest absolute Gasteiger partial charge is 0.496 e. The fourth-order valence-corrected chi connectivity index (χ4v) is 2.91. The Kier molecular flexibility index (Phi) is 7.58. The van der Waals surface area contributed by atoms with Crippen LogP contribution in [0.4, 0.5) is 10.2 Å². The molecule has 166 valence electrons. The van der Waals surface area contributed by atoms with E-state index in [4.69, 9.17) is 14.3 Å². The van der Waals surface area contributed by atoms with E-state index in [9.17, 15) is 9.18 Å². The van der Waals surface area contributed by atoms with Crippen LogP contribution in [0.5, 0.6) is 11.5 Å². The summed E-state index contributed by atoms with van der Waals surface area (Å²) in [6, 6.07) is 15.1. The molecular weight excluding hydrogens is 415 g/mol. The molecule has 3 aromatic rings. The van der Waals surface area contributed by atoms with E-state index < -0.39 is 5.97 Å². The Morgan fingerprint density at radius 2 is 1.72 bits per heavy atom. The topological polar surface area (TPSA) is 94.1 Å². The zero-order chi connectivity index (χ0) is 22.9. The quantitative estimate of drug-likeness (QED) is 0.344. The Balaban J connectivity index is 1.87. The fraction of sp³-hybridized carbons (Fsp3) is 0.174. The van der Waals surface area contributed by atoms with Gasteiger partial charge in [-0.15, -0.1) is 0 Å². The van der Waals surface area contributed by atoms with Crippen molar-refractivity contribution in [2.75, 3.05) is 14.2 Å². The van der Waals surface area contributed by atoms with Crippen LogP contribution < -0.4 is 20.3 Å². The molecule has 1 heterocycles. The van der Waals surface area contributed by atoms with Crippen molar-refractivity contribution in [2.45, 2.75) is 13.5 Å². The third kappa shape index (κ3) is 5.94. The van der Waals surface area contributed by atoms with Gasteiger partial charge in [-0.05, 0) is 47.5 Å². The first-order valence-electron chi connectivity index (χ1n) is 9.68. The molecule has 0 saturated heterocycles. The number of carbonyl (C=O) groups excluding carboxylic acids is 1. The average molecular weight is 438 g/mol. The number of rotatable bonds is 6. The first-order chi connectivity index (χ1) is 15.5. The maximum Gasteiger partial charge on any atom is 0.329 e. The number of carbonyl (C=O) groups is 1. The first kappa shape index (κ1) is 22.5. The lowest BCUT2D eigenvalue weighted by atomic mass is 10.1. The van der Waals surface area contributed by atoms with Gasteiger partial charge in [0.15, 0.2) is 5.82 Å². The van der Waals surface area contributed by atoms with Crippen LogP contribution in [-0.4, -0.2) is 31.1 Å². The molecule has 0 unspecified atom stereocenters. The van der Waals surface area contributed by atoms with Gasteiger partial charge >= 0.3 is 5.97 Å². The molecule has 8 nitrogen and oxygen atoms in total. The van der Waals surface area contributed by atoms with Crippen LogP contribution >= 0.6 is 0 Å². The number of benzene rings is 2. The monoisotopic (exact) mass is 438 g/mol. The number of aromatic nitrogens is 1. The lowest BCUT2D eigenvalue weighted by Gasteiger charge is -2.15. The summed E-state index contributed by atoms with van der Waals surface area (Å²) in [5, 5.41) is 3.07. The highest BCUT2D eigenvalue weighted by Crippen LogP contribution is 2.28. The molecule has 2 N–H and O–H groups in total. The van der Waals surface area contributed by atoms with E-state index >= 15 is 0 Å². The second-order valence-electron chi connectivity index (χ2n) is 6.56. The Morgan fingerprint density at radius 3 is 2.34 bits per heavy atom. The van der Waals surface area contributed by atoms with Crippen LogP contribution in [0.3, 0.4) is 0 Å². The number of nitrogens with one attached hydrogen (secondary N) is 2. The van der Waals surface area contributed by atoms with E-state index in [1.807, 2.05) is 18.2 Å². The van der Waals surface area contributed by atoms with Gasteiger partial charge in [0, 0.05) is 13.1 Å². The van der Waals surface area contributed by atoms with Gasteiger partial charge in [-0.2, -0.15) is 10.5 Å². The highest BCUT2D eigenvalue weighted by Gasteiger charge is 2.12. The Labute approximate surface area is 185 Å². The normalized spacial score (nSPS) is 10.9. The molecule has 9 heteroatoms. The van der Waals surface area contributed by atoms with Crippen molar-refractivity contribution in [1.82, 2.24) is 15.8 Å². The standard InChI is InChI=1S/C23H23FN4O4/c1-15(29)32-28-23(26-14-19-20(30-2)5-4-6-21(19)31-3)27-22-13-17(11-12-25-22)16-7-9-18(24)10-8-16/h4-13H,14H2,1-3H3,(H2,25,26,27,28). The molecule has 1 aromatic heterocycles. The van der Waals surface area contributed by atoms with Crippen LogP contribution in [0.2, 0.25) is 0 Å². The second-order valence-corrected chi connectivity index (χ2v) is 6.56. The van der Waals surface area contributed by atoms with Crippen molar-refractivity contribution < 1.29 is 23.5 Å². The molecule has 0 spiro atoms. The number of methoxy groups -OCH3 is 2. The molecule has 0 radical (unpaired) electrons. The van der Waals surface area contributed by atoms with Gasteiger partial charge in [-0.3, -0.25) is 4.79 Å². The van der Waals surface area contributed by atoms with Crippen LogP contribution in [0, 0.1) is 5.82 Å². The van der Waals surface area contributed by atoms with E-state index in [0.717, 1.165) is 16.7 Å². The zero-order valence-corrected chi connectivity index (χ0v) is 17.9. The molecule has 2 aromatic carbocycles. The number of ether oxygens (including phenoxy) is 2. The minimum atomic E-state index is -0.539. The third-order valence-electron chi connectivity index (χ3n) is 4.40. The summed E-state index contributed by atoms with van der Waals surface area (Å²) in [7, 11) is 3.13. The van der Waals surface area contributed by atoms with Gasteiger partial charge < -0.3 is 19.6 Å². The number of hydroxylamine groups is 1. The number of hydrogen-bond acceptors (Lipinski definition) is 6. The van der Waals surface area contributed by atoms with E-state index in [-0.39, 0.29) is 18.3 Å². The average Bonchev–Trinajstić information content (AvgIpc) is 2.81. The first-order valence-corrected chi connectivity index (χ1v) is 9.68. The number of aliphatic imine (C=N–C) groups is 1. The van der Waals surface area contributed by atoms with Gasteiger partial charge in [0.05, 0.1) is 26.3 Å². The van der Waals surface area contributed by atoms with E-state index in [1.165, 1.54) is 19.1 Å². The van der Waals surface area contributed by atoms with E-state index in [2.05, 4.69) is 20.8 Å². The van der Waals surface area contributed by atoms with E-state index in [0.29, 0.717) is 17.3 Å². The molecule has 0 fully saturated rings. The summed E-state index contributed by atoms with van der Waals surface area (Å²) in [6.45, 7) is 1.53. The molecule has 0 bridgehead atoms. The van der Waals surface area contributed by atoms with Crippen LogP contribution in [0.1, 0.15) is 12.5 Å². The second kappa shape index (κ2) is 10.8. The highest BCUT2D eigenvalue weighted by molar-refractivity contribution is 5.83. The Morgan fingerprint density at radius 1 is 1.03 bits per heavy atom.